The van der Waals surface area contributed by atoms with Gasteiger partial charge in [0.25, 0.3) is 0 Å². The molecule has 49 heavy (non-hydrogen) atoms. The molecule has 0 aliphatic carbocycles. The minimum Gasteiger partial charge on any atom is -0.228 e. The van der Waals surface area contributed by atoms with Crippen molar-refractivity contribution in [1.82, 2.24) is 4.48 Å². The quantitative estimate of drug-likeness (QED) is 0.168. The second-order valence-corrected chi connectivity index (χ2v) is 14.3. The fourth-order valence-electron chi connectivity index (χ4n) is 7.91. The fraction of sp³-hybridized carbons (Fsp3) is 0.0213. The van der Waals surface area contributed by atoms with E-state index in [0.29, 0.717) is 4.48 Å². The molecule has 1 aliphatic heterocycles. The zero-order valence-electron chi connectivity index (χ0n) is 27.1. The molecule has 2 heteroatoms. The summed E-state index contributed by atoms with van der Waals surface area (Å²) in [6, 6.07) is 65.0. The molecule has 9 aromatic rings. The van der Waals surface area contributed by atoms with E-state index in [4.69, 9.17) is 0 Å². The molecule has 8 aromatic carbocycles. The molecular formula is C47H32NS+. The van der Waals surface area contributed by atoms with Crippen LogP contribution in [0.15, 0.2) is 176 Å². The van der Waals surface area contributed by atoms with E-state index < -0.39 is 0 Å². The van der Waals surface area contributed by atoms with E-state index in [9.17, 15) is 0 Å². The summed E-state index contributed by atoms with van der Waals surface area (Å²) in [5.74, 6) is 0. The van der Waals surface area contributed by atoms with Crippen LogP contribution >= 0.6 is 11.3 Å². The average molecular weight is 643 g/mol. The molecule has 2 heterocycles. The Morgan fingerprint density at radius 2 is 0.878 bits per heavy atom. The number of thiophene rings is 1. The Labute approximate surface area is 290 Å². The zero-order valence-corrected chi connectivity index (χ0v) is 27.9. The third kappa shape index (κ3) is 4.42. The van der Waals surface area contributed by atoms with Crippen molar-refractivity contribution in [2.45, 2.75) is 0 Å². The molecule has 0 saturated heterocycles. The molecule has 230 valence electrons. The summed E-state index contributed by atoms with van der Waals surface area (Å²) in [4.78, 5) is 0. The number of fused-ring (bicyclic) bond motifs is 7. The molecule has 0 radical (unpaired) electrons. The lowest BCUT2D eigenvalue weighted by atomic mass is 9.93. The third-order valence-corrected chi connectivity index (χ3v) is 11.6. The summed E-state index contributed by atoms with van der Waals surface area (Å²) in [7, 11) is 2.37. The van der Waals surface area contributed by atoms with Gasteiger partial charge in [-0.25, -0.2) is 4.48 Å². The van der Waals surface area contributed by atoms with Gasteiger partial charge in [-0.2, -0.15) is 0 Å². The molecule has 0 bridgehead atoms. The predicted molar refractivity (Wildman–Crippen MR) is 212 cm³/mol. The molecule has 1 aromatic heterocycles. The van der Waals surface area contributed by atoms with Crippen LogP contribution in [0.25, 0.3) is 75.5 Å². The Hall–Kier alpha value is -5.80. The summed E-state index contributed by atoms with van der Waals surface area (Å²) in [5.41, 5.74) is 13.9. The Bertz CT molecular complexity index is 2650. The summed E-state index contributed by atoms with van der Waals surface area (Å²) in [5, 5.41) is 5.22. The van der Waals surface area contributed by atoms with E-state index in [-0.39, 0.29) is 0 Å². The first-order chi connectivity index (χ1) is 24.1. The average Bonchev–Trinajstić information content (AvgIpc) is 3.65. The van der Waals surface area contributed by atoms with E-state index in [1.54, 1.807) is 0 Å². The van der Waals surface area contributed by atoms with Crippen LogP contribution in [0.5, 0.6) is 0 Å². The zero-order chi connectivity index (χ0) is 32.5. The van der Waals surface area contributed by atoms with Crippen LogP contribution in [0.2, 0.25) is 0 Å². The number of nitrogens with zero attached hydrogens (tertiary/aromatic N) is 1. The maximum atomic E-state index is 2.47. The molecule has 0 amide bonds. The lowest BCUT2D eigenvalue weighted by molar-refractivity contribution is 0.644. The van der Waals surface area contributed by atoms with Crippen molar-refractivity contribution in [1.29, 1.82) is 0 Å². The SMILES string of the molecule is C[N+]1(c2ccc(-c3cc(-c4ccccc4)cc(-c4ccccc4)c3)cc2)c2cc3ccccc3cc2-c2cc3sc4ccccc4c3cc21. The topological polar surface area (TPSA) is 0 Å². The number of rotatable bonds is 4. The minimum absolute atomic E-state index is 0.620. The van der Waals surface area contributed by atoms with Crippen molar-refractivity contribution >= 4 is 59.3 Å². The van der Waals surface area contributed by atoms with Crippen LogP contribution in [-0.2, 0) is 0 Å². The first kappa shape index (κ1) is 28.2. The van der Waals surface area contributed by atoms with Crippen LogP contribution in [0.1, 0.15) is 0 Å². The lowest BCUT2D eigenvalue weighted by Gasteiger charge is -2.30. The monoisotopic (exact) mass is 642 g/mol. The van der Waals surface area contributed by atoms with Gasteiger partial charge in [0, 0.05) is 44.4 Å². The second-order valence-electron chi connectivity index (χ2n) is 13.3. The minimum atomic E-state index is 0.620. The highest BCUT2D eigenvalue weighted by Crippen LogP contribution is 2.59. The van der Waals surface area contributed by atoms with Gasteiger partial charge in [-0.1, -0.05) is 103 Å². The summed E-state index contributed by atoms with van der Waals surface area (Å²) in [6.07, 6.45) is 0. The maximum absolute atomic E-state index is 2.47. The maximum Gasteiger partial charge on any atom is 0.151 e. The van der Waals surface area contributed by atoms with Crippen molar-refractivity contribution < 1.29 is 0 Å². The Balaban J connectivity index is 1.16. The Morgan fingerprint density at radius 1 is 0.367 bits per heavy atom. The molecule has 1 aliphatic rings. The van der Waals surface area contributed by atoms with Gasteiger partial charge in [0.2, 0.25) is 0 Å². The molecule has 10 rings (SSSR count). The molecule has 1 nitrogen and oxygen atoms in total. The standard InChI is InChI=1S/C47H32NS/c1-48(39-22-20-33(21-23-39)38-25-36(31-12-4-2-5-13-31)24-37(26-38)32-14-6-3-7-15-32)44-28-35-17-9-8-16-34(35)27-41(44)42-30-47-43(29-45(42)48)40-18-10-11-19-46(40)49-47/h2-30H,1H3/q+1. The van der Waals surface area contributed by atoms with E-state index in [1.165, 1.54) is 92.5 Å². The number of benzene rings is 8. The molecule has 0 spiro atoms. The third-order valence-electron chi connectivity index (χ3n) is 10.5. The Kier molecular flexibility index (Phi) is 6.26. The van der Waals surface area contributed by atoms with Crippen LogP contribution in [-0.4, -0.2) is 7.05 Å². The van der Waals surface area contributed by atoms with Crippen molar-refractivity contribution in [2.24, 2.45) is 0 Å². The van der Waals surface area contributed by atoms with Crippen LogP contribution < -0.4 is 4.48 Å². The normalized spacial score (nSPS) is 15.1. The molecule has 1 unspecified atom stereocenters. The highest BCUT2D eigenvalue weighted by molar-refractivity contribution is 7.25. The first-order valence-electron chi connectivity index (χ1n) is 16.9. The molecule has 0 saturated carbocycles. The van der Waals surface area contributed by atoms with E-state index >= 15 is 0 Å². The van der Waals surface area contributed by atoms with Gasteiger partial charge in [0.05, 0.1) is 18.2 Å². The predicted octanol–water partition coefficient (Wildman–Crippen LogP) is 13.8. The smallest absolute Gasteiger partial charge is 0.151 e. The van der Waals surface area contributed by atoms with Gasteiger partial charge < -0.3 is 0 Å². The van der Waals surface area contributed by atoms with Crippen molar-refractivity contribution in [3.05, 3.63) is 176 Å². The van der Waals surface area contributed by atoms with Crippen molar-refractivity contribution in [3.63, 3.8) is 0 Å². The molecular weight excluding hydrogens is 611 g/mol. The van der Waals surface area contributed by atoms with Gasteiger partial charge in [-0.05, 0) is 92.7 Å². The van der Waals surface area contributed by atoms with Crippen LogP contribution in [0.3, 0.4) is 0 Å². The summed E-state index contributed by atoms with van der Waals surface area (Å²) < 4.78 is 3.30. The van der Waals surface area contributed by atoms with Gasteiger partial charge in [0.1, 0.15) is 5.69 Å². The van der Waals surface area contributed by atoms with Crippen molar-refractivity contribution in [2.75, 3.05) is 7.05 Å². The van der Waals surface area contributed by atoms with Gasteiger partial charge in [-0.15, -0.1) is 11.3 Å². The molecule has 0 N–H and O–H groups in total. The van der Waals surface area contributed by atoms with E-state index in [0.717, 1.165) is 0 Å². The highest BCUT2D eigenvalue weighted by Gasteiger charge is 2.43. The number of quaternary nitrogens is 1. The highest BCUT2D eigenvalue weighted by atomic mass is 32.1. The second kappa shape index (κ2) is 10.9. The first-order valence-corrected chi connectivity index (χ1v) is 17.7. The molecule has 0 fully saturated rings. The van der Waals surface area contributed by atoms with E-state index in [2.05, 4.69) is 183 Å². The number of hydrogen-bond donors (Lipinski definition) is 0. The lowest BCUT2D eigenvalue weighted by Crippen LogP contribution is -2.31. The van der Waals surface area contributed by atoms with E-state index in [1.807, 2.05) is 11.3 Å². The largest absolute Gasteiger partial charge is 0.228 e. The fourth-order valence-corrected chi connectivity index (χ4v) is 9.04. The van der Waals surface area contributed by atoms with Gasteiger partial charge in [0.15, 0.2) is 11.4 Å². The number of hydrogen-bond acceptors (Lipinski definition) is 1. The van der Waals surface area contributed by atoms with Gasteiger partial charge in [-0.3, -0.25) is 0 Å². The Morgan fingerprint density at radius 3 is 1.53 bits per heavy atom. The molecule has 1 atom stereocenters. The summed E-state index contributed by atoms with van der Waals surface area (Å²) in [6.45, 7) is 0. The van der Waals surface area contributed by atoms with Crippen LogP contribution in [0.4, 0.5) is 17.1 Å². The van der Waals surface area contributed by atoms with Crippen LogP contribution in [0, 0.1) is 0 Å². The van der Waals surface area contributed by atoms with Crippen molar-refractivity contribution in [3.8, 4) is 44.5 Å². The van der Waals surface area contributed by atoms with Gasteiger partial charge >= 0.3 is 0 Å². The summed E-state index contributed by atoms with van der Waals surface area (Å²) >= 11 is 1.89.